The molecule has 7 nitrogen and oxygen atoms in total. The van der Waals surface area contributed by atoms with Gasteiger partial charge in [0.05, 0.1) is 6.34 Å². The third kappa shape index (κ3) is 7.08. The Morgan fingerprint density at radius 3 is 2.66 bits per heavy atom. The second kappa shape index (κ2) is 12.2. The van der Waals surface area contributed by atoms with Crippen molar-refractivity contribution in [1.82, 2.24) is 14.9 Å². The van der Waals surface area contributed by atoms with Crippen molar-refractivity contribution in [3.05, 3.63) is 63.5 Å². The Hall–Kier alpha value is -2.84. The van der Waals surface area contributed by atoms with Crippen molar-refractivity contribution in [2.45, 2.75) is 46.0 Å². The predicted molar refractivity (Wildman–Crippen MR) is 138 cm³/mol. The van der Waals surface area contributed by atoms with Crippen LogP contribution in [0.2, 0.25) is 5.02 Å². The summed E-state index contributed by atoms with van der Waals surface area (Å²) in [5.74, 6) is 0.455. The zero-order valence-corrected chi connectivity index (χ0v) is 21.1. The first kappa shape index (κ1) is 26.8. The van der Waals surface area contributed by atoms with Gasteiger partial charge < -0.3 is 4.90 Å². The van der Waals surface area contributed by atoms with Crippen LogP contribution < -0.4 is 10.9 Å². The van der Waals surface area contributed by atoms with E-state index in [4.69, 9.17) is 22.4 Å². The molecule has 2 aromatic rings. The first-order chi connectivity index (χ1) is 16.8. The molecule has 4 rings (SSSR count). The number of hydrogen-bond acceptors (Lipinski definition) is 5. The summed E-state index contributed by atoms with van der Waals surface area (Å²) < 4.78 is 15.2. The lowest BCUT2D eigenvalue weighted by atomic mass is 9.56. The van der Waals surface area contributed by atoms with Gasteiger partial charge in [0, 0.05) is 30.5 Å². The van der Waals surface area contributed by atoms with Gasteiger partial charge in [0.1, 0.15) is 11.3 Å². The van der Waals surface area contributed by atoms with Crippen LogP contribution in [-0.2, 0) is 17.6 Å². The molecule has 3 N–H and O–H groups in total. The van der Waals surface area contributed by atoms with Crippen LogP contribution in [0.1, 0.15) is 42.9 Å². The number of nitrogens with one attached hydrogen (secondary N) is 3. The van der Waals surface area contributed by atoms with Crippen LogP contribution in [0.4, 0.5) is 4.39 Å². The van der Waals surface area contributed by atoms with Gasteiger partial charge in [-0.05, 0) is 92.7 Å². The predicted octanol–water partition coefficient (Wildman–Crippen LogP) is 4.15. The lowest BCUT2D eigenvalue weighted by Gasteiger charge is -2.59. The van der Waals surface area contributed by atoms with Crippen LogP contribution in [-0.4, -0.2) is 48.1 Å². The third-order valence-corrected chi connectivity index (χ3v) is 7.20. The molecule has 0 unspecified atom stereocenters. The Kier molecular flexibility index (Phi) is 9.34. The molecule has 0 bridgehead atoms. The van der Waals surface area contributed by atoms with Crippen molar-refractivity contribution in [3.63, 3.8) is 0 Å². The number of carbonyl (C=O) groups excluding carboxylic acids is 1. The standard InChI is InChI=1S/C23H28ClFN4.C3H6N2O/c1-16-7-17(4-5-20(16)24)8-18-10-23(11-18)13-28(14-23)6-2-3-19-9-22(27)29(15-26)12-21(19)25;1-2-4-5-3-6/h4-5,7,9,12,15,18,26-27H,2-3,6,8,10-11,13-14H2,1H3;2-3H,1H3,(H,5,6)/b;4-2-. The molecule has 9 heteroatoms. The quantitative estimate of drug-likeness (QED) is 0.209. The largest absolute Gasteiger partial charge is 0.302 e. The molecular weight excluding hydrogens is 467 g/mol. The molecule has 1 saturated heterocycles. The third-order valence-electron chi connectivity index (χ3n) is 6.77. The molecule has 35 heavy (non-hydrogen) atoms. The number of aryl methyl sites for hydroxylation is 2. The van der Waals surface area contributed by atoms with E-state index in [-0.39, 0.29) is 11.3 Å². The van der Waals surface area contributed by atoms with Crippen molar-refractivity contribution < 1.29 is 9.18 Å². The minimum atomic E-state index is -0.330. The topological polar surface area (TPSA) is 97.3 Å². The molecular formula is C26H34ClFN6O. The number of nitrogens with zero attached hydrogens (tertiary/aromatic N) is 3. The monoisotopic (exact) mass is 500 g/mol. The first-order valence-electron chi connectivity index (χ1n) is 11.9. The highest BCUT2D eigenvalue weighted by atomic mass is 35.5. The number of pyridine rings is 1. The van der Waals surface area contributed by atoms with E-state index >= 15 is 0 Å². The molecule has 0 atom stereocenters. The molecule has 1 spiro atoms. The SMILES string of the molecule is C/C=N\NC=O.Cc1cc(CC2CC3(C2)CN(CCCc2cc(=N)n(C=N)cc2F)C3)ccc1Cl. The number of amides is 1. The second-order valence-electron chi connectivity index (χ2n) is 9.58. The summed E-state index contributed by atoms with van der Waals surface area (Å²) in [7, 11) is 0. The molecule has 1 aliphatic heterocycles. The van der Waals surface area contributed by atoms with Gasteiger partial charge in [-0.15, -0.1) is 0 Å². The van der Waals surface area contributed by atoms with Gasteiger partial charge in [0.25, 0.3) is 0 Å². The summed E-state index contributed by atoms with van der Waals surface area (Å²) in [5, 5.41) is 19.2. The summed E-state index contributed by atoms with van der Waals surface area (Å²) in [6, 6.07) is 7.92. The summed E-state index contributed by atoms with van der Waals surface area (Å²) >= 11 is 6.12. The fourth-order valence-electron chi connectivity index (χ4n) is 5.27. The van der Waals surface area contributed by atoms with Crippen molar-refractivity contribution in [1.29, 1.82) is 10.8 Å². The fraction of sp³-hybridized carbons (Fsp3) is 0.462. The minimum absolute atomic E-state index is 0.149. The molecule has 1 amide bonds. The van der Waals surface area contributed by atoms with E-state index in [0.29, 0.717) is 23.8 Å². The van der Waals surface area contributed by atoms with Gasteiger partial charge in [-0.25, -0.2) is 4.39 Å². The van der Waals surface area contributed by atoms with Crippen molar-refractivity contribution in [3.8, 4) is 0 Å². The smallest absolute Gasteiger partial charge is 0.227 e. The van der Waals surface area contributed by atoms with Gasteiger partial charge in [-0.3, -0.25) is 25.6 Å². The van der Waals surface area contributed by atoms with E-state index in [1.165, 1.54) is 41.5 Å². The number of benzene rings is 1. The lowest BCUT2D eigenvalue weighted by Crippen LogP contribution is -2.62. The summed E-state index contributed by atoms with van der Waals surface area (Å²) in [4.78, 5) is 11.8. The maximum absolute atomic E-state index is 14.1. The molecule has 1 aromatic carbocycles. The Morgan fingerprint density at radius 1 is 1.31 bits per heavy atom. The summed E-state index contributed by atoms with van der Waals surface area (Å²) in [5.41, 5.74) is 5.89. The highest BCUT2D eigenvalue weighted by Crippen LogP contribution is 2.52. The Balaban J connectivity index is 0.000000509. The highest BCUT2D eigenvalue weighted by Gasteiger charge is 2.51. The van der Waals surface area contributed by atoms with Gasteiger partial charge in [-0.2, -0.15) is 5.10 Å². The molecule has 1 aromatic heterocycles. The van der Waals surface area contributed by atoms with Crippen LogP contribution >= 0.6 is 11.6 Å². The van der Waals surface area contributed by atoms with Crippen LogP contribution in [0.5, 0.6) is 0 Å². The molecule has 2 heterocycles. The van der Waals surface area contributed by atoms with Gasteiger partial charge in [-0.1, -0.05) is 23.7 Å². The zero-order chi connectivity index (χ0) is 25.4. The van der Waals surface area contributed by atoms with Gasteiger partial charge in [0.2, 0.25) is 6.41 Å². The van der Waals surface area contributed by atoms with Crippen LogP contribution in [0.25, 0.3) is 0 Å². The van der Waals surface area contributed by atoms with E-state index in [0.717, 1.165) is 55.3 Å². The molecule has 1 aliphatic carbocycles. The van der Waals surface area contributed by atoms with Crippen molar-refractivity contribution in [2.24, 2.45) is 16.4 Å². The van der Waals surface area contributed by atoms with Crippen LogP contribution in [0.15, 0.2) is 35.6 Å². The molecule has 2 aliphatic rings. The summed E-state index contributed by atoms with van der Waals surface area (Å²) in [6.07, 6.45) is 9.49. The number of rotatable bonds is 9. The molecule has 1 saturated carbocycles. The van der Waals surface area contributed by atoms with E-state index in [9.17, 15) is 9.18 Å². The second-order valence-corrected chi connectivity index (χ2v) is 9.99. The fourth-order valence-corrected chi connectivity index (χ4v) is 5.39. The molecule has 0 radical (unpaired) electrons. The average Bonchev–Trinajstić information content (AvgIpc) is 2.79. The number of aromatic nitrogens is 1. The normalized spacial score (nSPS) is 16.8. The zero-order valence-electron chi connectivity index (χ0n) is 20.4. The van der Waals surface area contributed by atoms with E-state index in [1.54, 1.807) is 6.92 Å². The van der Waals surface area contributed by atoms with Gasteiger partial charge in [0.15, 0.2) is 0 Å². The number of hydrogen-bond donors (Lipinski definition) is 3. The minimum Gasteiger partial charge on any atom is -0.302 e. The van der Waals surface area contributed by atoms with E-state index in [2.05, 4.69) is 34.5 Å². The van der Waals surface area contributed by atoms with Crippen LogP contribution in [0.3, 0.4) is 0 Å². The Labute approximate surface area is 211 Å². The average molecular weight is 501 g/mol. The van der Waals surface area contributed by atoms with Gasteiger partial charge >= 0.3 is 0 Å². The highest BCUT2D eigenvalue weighted by molar-refractivity contribution is 6.31. The number of likely N-dealkylation sites (tertiary alicyclic amines) is 1. The van der Waals surface area contributed by atoms with E-state index in [1.807, 2.05) is 6.07 Å². The lowest BCUT2D eigenvalue weighted by molar-refractivity contribution is -0.109. The Morgan fingerprint density at radius 2 is 2.06 bits per heavy atom. The first-order valence-corrected chi connectivity index (χ1v) is 12.3. The van der Waals surface area contributed by atoms with E-state index < -0.39 is 0 Å². The number of halogens is 2. The van der Waals surface area contributed by atoms with Crippen molar-refractivity contribution in [2.75, 3.05) is 19.6 Å². The molecule has 2 fully saturated rings. The van der Waals surface area contributed by atoms with Crippen molar-refractivity contribution >= 4 is 30.6 Å². The Bertz CT molecular complexity index is 1120. The number of carbonyl (C=O) groups is 1. The maximum Gasteiger partial charge on any atom is 0.227 e. The molecule has 188 valence electrons. The number of hydrazone groups is 1. The van der Waals surface area contributed by atoms with Crippen LogP contribution in [0, 0.1) is 34.9 Å². The summed E-state index contributed by atoms with van der Waals surface area (Å²) in [6.45, 7) is 7.09. The maximum atomic E-state index is 14.1.